The highest BCUT2D eigenvalue weighted by Crippen LogP contribution is 2.35. The lowest BCUT2D eigenvalue weighted by Gasteiger charge is -2.07. The van der Waals surface area contributed by atoms with E-state index in [2.05, 4.69) is 18.0 Å². The van der Waals surface area contributed by atoms with E-state index in [-0.39, 0.29) is 0 Å². The minimum Gasteiger partial charge on any atom is -0.398 e. The van der Waals surface area contributed by atoms with Crippen molar-refractivity contribution in [3.05, 3.63) is 35.9 Å². The molecule has 0 unspecified atom stereocenters. The van der Waals surface area contributed by atoms with Gasteiger partial charge in [0.05, 0.1) is 11.2 Å². The zero-order valence-corrected chi connectivity index (χ0v) is 9.75. The Hall–Kier alpha value is -2.16. The van der Waals surface area contributed by atoms with Gasteiger partial charge in [0.2, 0.25) is 0 Å². The molecule has 1 heterocycles. The third-order valence-corrected chi connectivity index (χ3v) is 3.32. The molecule has 0 fully saturated rings. The standard InChI is InChI=1S/C14H15N3/c1-2-8-7-10(15)14-12(13(8)16)9-5-3-4-6-11(9)17-14/h3-7,17H,2,15-16H2,1H3. The summed E-state index contributed by atoms with van der Waals surface area (Å²) in [5, 5.41) is 2.19. The second-order valence-corrected chi connectivity index (χ2v) is 4.31. The summed E-state index contributed by atoms with van der Waals surface area (Å²) >= 11 is 0. The normalized spacial score (nSPS) is 11.4. The number of hydrogen-bond donors (Lipinski definition) is 3. The van der Waals surface area contributed by atoms with E-state index in [9.17, 15) is 0 Å². The van der Waals surface area contributed by atoms with Gasteiger partial charge in [-0.2, -0.15) is 0 Å². The maximum absolute atomic E-state index is 6.23. The van der Waals surface area contributed by atoms with Crippen LogP contribution >= 0.6 is 0 Å². The lowest BCUT2D eigenvalue weighted by Crippen LogP contribution is -1.97. The van der Waals surface area contributed by atoms with Crippen LogP contribution in [0.5, 0.6) is 0 Å². The van der Waals surface area contributed by atoms with Crippen molar-refractivity contribution < 1.29 is 0 Å². The predicted molar refractivity (Wildman–Crippen MR) is 74.0 cm³/mol. The highest BCUT2D eigenvalue weighted by atomic mass is 14.8. The molecule has 0 bridgehead atoms. The Balaban J connectivity index is 2.58. The molecule has 0 spiro atoms. The van der Waals surface area contributed by atoms with Gasteiger partial charge in [-0.05, 0) is 24.1 Å². The minimum atomic E-state index is 0.766. The van der Waals surface area contributed by atoms with Crippen LogP contribution in [0, 0.1) is 0 Å². The van der Waals surface area contributed by atoms with Gasteiger partial charge in [-0.25, -0.2) is 0 Å². The second kappa shape index (κ2) is 3.42. The molecule has 5 N–H and O–H groups in total. The Morgan fingerprint density at radius 3 is 2.71 bits per heavy atom. The number of aryl methyl sites for hydroxylation is 1. The fourth-order valence-electron chi connectivity index (χ4n) is 2.43. The van der Waals surface area contributed by atoms with Crippen molar-refractivity contribution in [3.63, 3.8) is 0 Å². The number of anilines is 2. The van der Waals surface area contributed by atoms with Gasteiger partial charge in [0, 0.05) is 22.0 Å². The molecule has 0 radical (unpaired) electrons. The molecule has 0 aliphatic rings. The molecule has 0 atom stereocenters. The third kappa shape index (κ3) is 1.29. The summed E-state index contributed by atoms with van der Waals surface area (Å²) in [4.78, 5) is 3.33. The van der Waals surface area contributed by atoms with E-state index in [1.165, 1.54) is 0 Å². The highest BCUT2D eigenvalue weighted by molar-refractivity contribution is 6.16. The Kier molecular flexibility index (Phi) is 2.01. The van der Waals surface area contributed by atoms with Crippen LogP contribution in [-0.4, -0.2) is 4.98 Å². The number of nitrogen functional groups attached to an aromatic ring is 2. The first-order valence-corrected chi connectivity index (χ1v) is 5.79. The number of rotatable bonds is 1. The molecule has 3 heteroatoms. The van der Waals surface area contributed by atoms with Crippen LogP contribution in [0.15, 0.2) is 30.3 Å². The van der Waals surface area contributed by atoms with Crippen LogP contribution in [0.3, 0.4) is 0 Å². The SMILES string of the molecule is CCc1cc(N)c2[nH]c3ccccc3c2c1N. The number of fused-ring (bicyclic) bond motifs is 3. The molecule has 0 saturated carbocycles. The van der Waals surface area contributed by atoms with Gasteiger partial charge in [-0.3, -0.25) is 0 Å². The maximum Gasteiger partial charge on any atom is 0.0719 e. The molecule has 3 aromatic rings. The van der Waals surface area contributed by atoms with Gasteiger partial charge >= 0.3 is 0 Å². The van der Waals surface area contributed by atoms with E-state index in [0.717, 1.165) is 45.2 Å². The summed E-state index contributed by atoms with van der Waals surface area (Å²) in [5.74, 6) is 0. The largest absolute Gasteiger partial charge is 0.398 e. The Morgan fingerprint density at radius 2 is 1.94 bits per heavy atom. The lowest BCUT2D eigenvalue weighted by atomic mass is 10.0. The molecule has 0 amide bonds. The van der Waals surface area contributed by atoms with E-state index >= 15 is 0 Å². The van der Waals surface area contributed by atoms with Crippen LogP contribution in [0.25, 0.3) is 21.8 Å². The van der Waals surface area contributed by atoms with Crippen molar-refractivity contribution in [2.45, 2.75) is 13.3 Å². The Morgan fingerprint density at radius 1 is 1.18 bits per heavy atom. The van der Waals surface area contributed by atoms with Gasteiger partial charge in [0.1, 0.15) is 0 Å². The van der Waals surface area contributed by atoms with Gasteiger partial charge in [0.15, 0.2) is 0 Å². The number of nitrogens with one attached hydrogen (secondary N) is 1. The Bertz CT molecular complexity index is 710. The van der Waals surface area contributed by atoms with Crippen LogP contribution in [0.4, 0.5) is 11.4 Å². The van der Waals surface area contributed by atoms with Gasteiger partial charge < -0.3 is 16.5 Å². The fourth-order valence-corrected chi connectivity index (χ4v) is 2.43. The first kappa shape index (κ1) is 10.0. The van der Waals surface area contributed by atoms with Crippen LogP contribution in [0.2, 0.25) is 0 Å². The molecule has 2 aromatic carbocycles. The number of aromatic nitrogens is 1. The lowest BCUT2D eigenvalue weighted by molar-refractivity contribution is 1.15. The van der Waals surface area contributed by atoms with Gasteiger partial charge in [0.25, 0.3) is 0 Å². The number of benzene rings is 2. The number of para-hydroxylation sites is 1. The molecule has 1 aromatic heterocycles. The fraction of sp³-hybridized carbons (Fsp3) is 0.143. The molecular formula is C14H15N3. The molecule has 0 aliphatic heterocycles. The molecule has 0 aliphatic carbocycles. The van der Waals surface area contributed by atoms with Crippen molar-refractivity contribution in [2.75, 3.05) is 11.5 Å². The van der Waals surface area contributed by atoms with Crippen LogP contribution < -0.4 is 11.5 Å². The molecule has 0 saturated heterocycles. The molecular weight excluding hydrogens is 210 g/mol. The summed E-state index contributed by atoms with van der Waals surface area (Å²) < 4.78 is 0. The zero-order chi connectivity index (χ0) is 12.0. The second-order valence-electron chi connectivity index (χ2n) is 4.31. The van der Waals surface area contributed by atoms with Gasteiger partial charge in [-0.1, -0.05) is 25.1 Å². The quantitative estimate of drug-likeness (QED) is 0.557. The number of hydrogen-bond acceptors (Lipinski definition) is 2. The number of H-pyrrole nitrogens is 1. The van der Waals surface area contributed by atoms with E-state index in [0.29, 0.717) is 0 Å². The summed E-state index contributed by atoms with van der Waals surface area (Å²) in [6, 6.07) is 10.1. The van der Waals surface area contributed by atoms with E-state index in [4.69, 9.17) is 11.5 Å². The minimum absolute atomic E-state index is 0.766. The average molecular weight is 225 g/mol. The van der Waals surface area contributed by atoms with Crippen molar-refractivity contribution in [1.82, 2.24) is 4.98 Å². The van der Waals surface area contributed by atoms with E-state index in [1.807, 2.05) is 24.3 Å². The molecule has 86 valence electrons. The van der Waals surface area contributed by atoms with Crippen molar-refractivity contribution in [2.24, 2.45) is 0 Å². The monoisotopic (exact) mass is 225 g/mol. The first-order chi connectivity index (χ1) is 8.22. The van der Waals surface area contributed by atoms with Crippen molar-refractivity contribution in [3.8, 4) is 0 Å². The van der Waals surface area contributed by atoms with Crippen LogP contribution in [-0.2, 0) is 6.42 Å². The number of nitrogens with two attached hydrogens (primary N) is 2. The Labute approximate surface area is 99.4 Å². The summed E-state index contributed by atoms with van der Waals surface area (Å²) in [6.07, 6.45) is 0.894. The first-order valence-electron chi connectivity index (χ1n) is 5.79. The average Bonchev–Trinajstić information content (AvgIpc) is 2.73. The van der Waals surface area contributed by atoms with Crippen molar-refractivity contribution in [1.29, 1.82) is 0 Å². The molecule has 3 nitrogen and oxygen atoms in total. The third-order valence-electron chi connectivity index (χ3n) is 3.32. The molecule has 3 rings (SSSR count). The van der Waals surface area contributed by atoms with Gasteiger partial charge in [-0.15, -0.1) is 0 Å². The number of aromatic amines is 1. The smallest absolute Gasteiger partial charge is 0.0719 e. The molecule has 17 heavy (non-hydrogen) atoms. The highest BCUT2D eigenvalue weighted by Gasteiger charge is 2.12. The van der Waals surface area contributed by atoms with Crippen molar-refractivity contribution >= 4 is 33.2 Å². The predicted octanol–water partition coefficient (Wildman–Crippen LogP) is 3.05. The summed E-state index contributed by atoms with van der Waals surface area (Å²) in [6.45, 7) is 2.09. The van der Waals surface area contributed by atoms with E-state index < -0.39 is 0 Å². The maximum atomic E-state index is 6.23. The van der Waals surface area contributed by atoms with E-state index in [1.54, 1.807) is 0 Å². The topological polar surface area (TPSA) is 67.8 Å². The zero-order valence-electron chi connectivity index (χ0n) is 9.75. The van der Waals surface area contributed by atoms with Crippen LogP contribution in [0.1, 0.15) is 12.5 Å². The summed E-state index contributed by atoms with van der Waals surface area (Å²) in [5.41, 5.74) is 17.1. The summed E-state index contributed by atoms with van der Waals surface area (Å²) in [7, 11) is 0.